The summed E-state index contributed by atoms with van der Waals surface area (Å²) < 4.78 is 10.3. The molecule has 0 fully saturated rings. The molecule has 1 aliphatic rings. The number of hydrogen-bond acceptors (Lipinski definition) is 4. The zero-order valence-corrected chi connectivity index (χ0v) is 13.1. The van der Waals surface area contributed by atoms with Crippen LogP contribution in [0.1, 0.15) is 32.3 Å². The van der Waals surface area contributed by atoms with E-state index in [2.05, 4.69) is 0 Å². The highest BCUT2D eigenvalue weighted by Gasteiger charge is 2.38. The summed E-state index contributed by atoms with van der Waals surface area (Å²) >= 11 is 0. The van der Waals surface area contributed by atoms with E-state index in [-0.39, 0.29) is 11.9 Å². The lowest BCUT2D eigenvalue weighted by atomic mass is 9.77. The average molecular weight is 302 g/mol. The molecular weight excluding hydrogens is 280 g/mol. The predicted molar refractivity (Wildman–Crippen MR) is 83.9 cm³/mol. The number of benzene rings is 1. The Morgan fingerprint density at radius 3 is 2.18 bits per heavy atom. The van der Waals surface area contributed by atoms with E-state index >= 15 is 0 Å². The van der Waals surface area contributed by atoms with Gasteiger partial charge in [-0.3, -0.25) is 9.59 Å². The third-order valence-corrected chi connectivity index (χ3v) is 3.87. The molecule has 118 valence electrons. The molecule has 2 rings (SSSR count). The fraction of sp³-hybridized carbons (Fsp3) is 0.444. The van der Waals surface area contributed by atoms with Crippen molar-refractivity contribution < 1.29 is 19.1 Å². The maximum atomic E-state index is 12.2. The van der Waals surface area contributed by atoms with Crippen molar-refractivity contribution in [1.29, 1.82) is 0 Å². The highest BCUT2D eigenvalue weighted by atomic mass is 16.5. The summed E-state index contributed by atoms with van der Waals surface area (Å²) in [7, 11) is 0. The van der Waals surface area contributed by atoms with Gasteiger partial charge in [-0.1, -0.05) is 36.4 Å². The monoisotopic (exact) mass is 302 g/mol. The van der Waals surface area contributed by atoms with Crippen LogP contribution in [0, 0.1) is 11.8 Å². The van der Waals surface area contributed by atoms with Gasteiger partial charge in [-0.05, 0) is 37.8 Å². The van der Waals surface area contributed by atoms with Crippen LogP contribution in [0.25, 0.3) is 5.57 Å². The Kier molecular flexibility index (Phi) is 5.75. The van der Waals surface area contributed by atoms with Gasteiger partial charge in [0.25, 0.3) is 0 Å². The van der Waals surface area contributed by atoms with Crippen LogP contribution in [0.3, 0.4) is 0 Å². The molecule has 4 heteroatoms. The number of hydrogen-bond donors (Lipinski definition) is 0. The molecule has 0 aliphatic heterocycles. The minimum absolute atomic E-state index is 0.315. The summed E-state index contributed by atoms with van der Waals surface area (Å²) in [6.45, 7) is 4.18. The minimum Gasteiger partial charge on any atom is -0.466 e. The first-order chi connectivity index (χ1) is 10.7. The third kappa shape index (κ3) is 3.75. The van der Waals surface area contributed by atoms with Crippen molar-refractivity contribution in [3.05, 3.63) is 42.0 Å². The Bertz CT molecular complexity index is 547. The summed E-state index contributed by atoms with van der Waals surface area (Å²) in [5, 5.41) is 0. The first-order valence-electron chi connectivity index (χ1n) is 7.75. The summed E-state index contributed by atoms with van der Waals surface area (Å²) in [5.74, 6) is -1.56. The number of carbonyl (C=O) groups is 2. The smallest absolute Gasteiger partial charge is 0.310 e. The van der Waals surface area contributed by atoms with Crippen LogP contribution in [0.4, 0.5) is 0 Å². The summed E-state index contributed by atoms with van der Waals surface area (Å²) in [6, 6.07) is 9.91. The zero-order valence-electron chi connectivity index (χ0n) is 13.1. The van der Waals surface area contributed by atoms with Crippen LogP contribution < -0.4 is 0 Å². The van der Waals surface area contributed by atoms with Crippen LogP contribution in [-0.4, -0.2) is 25.2 Å². The molecule has 22 heavy (non-hydrogen) atoms. The summed E-state index contributed by atoms with van der Waals surface area (Å²) in [5.41, 5.74) is 2.17. The van der Waals surface area contributed by atoms with Gasteiger partial charge in [0.2, 0.25) is 0 Å². The van der Waals surface area contributed by atoms with Gasteiger partial charge in [0.05, 0.1) is 25.0 Å². The van der Waals surface area contributed by atoms with E-state index in [1.807, 2.05) is 36.4 Å². The lowest BCUT2D eigenvalue weighted by molar-refractivity contribution is -0.160. The fourth-order valence-electron chi connectivity index (χ4n) is 2.79. The molecule has 2 atom stereocenters. The molecule has 0 N–H and O–H groups in total. The molecule has 0 unspecified atom stereocenters. The van der Waals surface area contributed by atoms with Gasteiger partial charge in [-0.15, -0.1) is 0 Å². The van der Waals surface area contributed by atoms with Crippen LogP contribution in [-0.2, 0) is 19.1 Å². The van der Waals surface area contributed by atoms with Crippen LogP contribution >= 0.6 is 0 Å². The van der Waals surface area contributed by atoms with Gasteiger partial charge < -0.3 is 9.47 Å². The molecular formula is C18H22O4. The molecule has 0 spiro atoms. The maximum absolute atomic E-state index is 12.2. The molecule has 0 saturated carbocycles. The number of carbonyl (C=O) groups excluding carboxylic acids is 2. The number of allylic oxidation sites excluding steroid dienone is 2. The Labute approximate surface area is 131 Å². The Morgan fingerprint density at radius 1 is 1.00 bits per heavy atom. The third-order valence-electron chi connectivity index (χ3n) is 3.87. The second-order valence-corrected chi connectivity index (χ2v) is 5.25. The van der Waals surface area contributed by atoms with Crippen molar-refractivity contribution in [3.8, 4) is 0 Å². The molecule has 0 amide bonds. The minimum atomic E-state index is -0.473. The van der Waals surface area contributed by atoms with Crippen LogP contribution in [0.15, 0.2) is 36.4 Å². The molecule has 0 heterocycles. The molecule has 0 saturated heterocycles. The van der Waals surface area contributed by atoms with Gasteiger partial charge in [-0.2, -0.15) is 0 Å². The van der Waals surface area contributed by atoms with Gasteiger partial charge in [-0.25, -0.2) is 0 Å². The number of rotatable bonds is 5. The Hall–Kier alpha value is -2.10. The predicted octanol–water partition coefficient (Wildman–Crippen LogP) is 3.22. The molecule has 4 nitrogen and oxygen atoms in total. The quantitative estimate of drug-likeness (QED) is 0.784. The topological polar surface area (TPSA) is 52.6 Å². The van der Waals surface area contributed by atoms with E-state index in [9.17, 15) is 9.59 Å². The summed E-state index contributed by atoms with van der Waals surface area (Å²) in [4.78, 5) is 24.3. The first-order valence-corrected chi connectivity index (χ1v) is 7.75. The van der Waals surface area contributed by atoms with Gasteiger partial charge in [0, 0.05) is 0 Å². The normalized spacial score (nSPS) is 20.9. The van der Waals surface area contributed by atoms with E-state index in [1.165, 1.54) is 0 Å². The van der Waals surface area contributed by atoms with Crippen molar-refractivity contribution in [2.45, 2.75) is 26.7 Å². The lowest BCUT2D eigenvalue weighted by Gasteiger charge is -2.28. The molecule has 0 radical (unpaired) electrons. The second kappa shape index (κ2) is 7.78. The molecule has 0 bridgehead atoms. The summed E-state index contributed by atoms with van der Waals surface area (Å²) in [6.07, 6.45) is 3.05. The van der Waals surface area contributed by atoms with Gasteiger partial charge in [0.15, 0.2) is 0 Å². The highest BCUT2D eigenvalue weighted by molar-refractivity contribution is 5.86. The van der Waals surface area contributed by atoms with Crippen molar-refractivity contribution in [1.82, 2.24) is 0 Å². The van der Waals surface area contributed by atoms with Crippen molar-refractivity contribution in [3.63, 3.8) is 0 Å². The Morgan fingerprint density at radius 2 is 1.59 bits per heavy atom. The zero-order chi connectivity index (χ0) is 15.9. The van der Waals surface area contributed by atoms with E-state index in [4.69, 9.17) is 9.47 Å². The van der Waals surface area contributed by atoms with E-state index in [0.717, 1.165) is 11.1 Å². The van der Waals surface area contributed by atoms with Crippen LogP contribution in [0.2, 0.25) is 0 Å². The molecule has 0 aromatic heterocycles. The molecule has 1 aromatic rings. The average Bonchev–Trinajstić information content (AvgIpc) is 2.55. The van der Waals surface area contributed by atoms with Crippen molar-refractivity contribution in [2.75, 3.05) is 13.2 Å². The lowest BCUT2D eigenvalue weighted by Crippen LogP contribution is -2.34. The molecule has 1 aliphatic carbocycles. The van der Waals surface area contributed by atoms with E-state index in [0.29, 0.717) is 26.1 Å². The highest BCUT2D eigenvalue weighted by Crippen LogP contribution is 2.36. The molecule has 1 aromatic carbocycles. The van der Waals surface area contributed by atoms with Gasteiger partial charge in [0.1, 0.15) is 0 Å². The first kappa shape index (κ1) is 16.3. The van der Waals surface area contributed by atoms with Crippen LogP contribution in [0.5, 0.6) is 0 Å². The van der Waals surface area contributed by atoms with Crippen molar-refractivity contribution in [2.24, 2.45) is 11.8 Å². The van der Waals surface area contributed by atoms with Crippen molar-refractivity contribution >= 4 is 17.5 Å². The second-order valence-electron chi connectivity index (χ2n) is 5.25. The largest absolute Gasteiger partial charge is 0.466 e. The van der Waals surface area contributed by atoms with E-state index < -0.39 is 11.8 Å². The fourth-order valence-corrected chi connectivity index (χ4v) is 2.79. The Balaban J connectivity index is 2.23. The maximum Gasteiger partial charge on any atom is 0.310 e. The standard InChI is InChI=1S/C18H22O4/c1-3-21-17(19)15-11-10-14(13-8-6-5-7-9-13)12-16(15)18(20)22-4-2/h5-10,15-16H,3-4,11-12H2,1-2H3/t15-,16-/m0/s1. The van der Waals surface area contributed by atoms with E-state index in [1.54, 1.807) is 13.8 Å². The number of ether oxygens (including phenoxy) is 2. The SMILES string of the molecule is CCOC(=O)[C@H]1CC=C(c2ccccc2)C[C@@H]1C(=O)OCC. The number of esters is 2. The van der Waals surface area contributed by atoms with Gasteiger partial charge >= 0.3 is 11.9 Å².